The van der Waals surface area contributed by atoms with E-state index >= 15 is 0 Å². The molecule has 2 aromatic heterocycles. The first-order valence-electron chi connectivity index (χ1n) is 9.70. The minimum Gasteiger partial charge on any atom is -0.360 e. The number of carbonyl (C=O) groups is 1. The third-order valence-electron chi connectivity index (χ3n) is 5.16. The van der Waals surface area contributed by atoms with Gasteiger partial charge in [0.25, 0.3) is 0 Å². The van der Waals surface area contributed by atoms with Crippen molar-refractivity contribution in [2.75, 3.05) is 11.1 Å². The van der Waals surface area contributed by atoms with Crippen molar-refractivity contribution >= 4 is 34.3 Å². The Bertz CT molecular complexity index is 1190. The molecule has 1 aliphatic rings. The van der Waals surface area contributed by atoms with Crippen molar-refractivity contribution < 1.29 is 4.79 Å². The molecule has 1 aliphatic carbocycles. The van der Waals surface area contributed by atoms with Crippen molar-refractivity contribution in [3.05, 3.63) is 60.3 Å². The Morgan fingerprint density at radius 2 is 1.97 bits per heavy atom. The highest BCUT2D eigenvalue weighted by molar-refractivity contribution is 7.99. The molecule has 0 bridgehead atoms. The van der Waals surface area contributed by atoms with Gasteiger partial charge in [-0.1, -0.05) is 48.2 Å². The van der Waals surface area contributed by atoms with Crippen LogP contribution in [0.3, 0.4) is 0 Å². The minimum absolute atomic E-state index is 0.0386. The van der Waals surface area contributed by atoms with Crippen molar-refractivity contribution in [2.45, 2.75) is 31.0 Å². The van der Waals surface area contributed by atoms with E-state index in [-0.39, 0.29) is 5.91 Å². The van der Waals surface area contributed by atoms with E-state index in [9.17, 15) is 4.79 Å². The number of thioether (sulfide) groups is 1. The molecule has 2 aromatic carbocycles. The number of hydrogen-bond acceptors (Lipinski definition) is 4. The van der Waals surface area contributed by atoms with Gasteiger partial charge in [-0.05, 0) is 37.5 Å². The number of benzene rings is 2. The molecule has 0 atom stereocenters. The second-order valence-corrected chi connectivity index (χ2v) is 8.25. The Kier molecular flexibility index (Phi) is 4.60. The summed E-state index contributed by atoms with van der Waals surface area (Å²) in [5.74, 6) is 1.13. The molecule has 2 heterocycles. The van der Waals surface area contributed by atoms with E-state index in [1.807, 2.05) is 49.5 Å². The lowest BCUT2D eigenvalue weighted by Gasteiger charge is -2.09. The smallest absolute Gasteiger partial charge is 0.234 e. The van der Waals surface area contributed by atoms with Gasteiger partial charge in [0, 0.05) is 34.4 Å². The van der Waals surface area contributed by atoms with Gasteiger partial charge in [-0.25, -0.2) is 0 Å². The molecule has 5 rings (SSSR count). The van der Waals surface area contributed by atoms with E-state index in [0.29, 0.717) is 11.8 Å². The Morgan fingerprint density at radius 3 is 2.79 bits per heavy atom. The number of anilines is 1. The number of H-pyrrole nitrogens is 1. The molecular weight excluding hydrogens is 382 g/mol. The van der Waals surface area contributed by atoms with Crippen molar-refractivity contribution in [1.29, 1.82) is 0 Å². The Labute approximate surface area is 172 Å². The number of nitrogens with zero attached hydrogens (tertiary/aromatic N) is 3. The lowest BCUT2D eigenvalue weighted by Crippen LogP contribution is -2.15. The highest BCUT2D eigenvalue weighted by Gasteiger charge is 2.31. The van der Waals surface area contributed by atoms with Crippen LogP contribution in [0.4, 0.5) is 5.69 Å². The van der Waals surface area contributed by atoms with Gasteiger partial charge in [0.05, 0.1) is 5.75 Å². The molecule has 0 aliphatic heterocycles. The van der Waals surface area contributed by atoms with Gasteiger partial charge in [0.15, 0.2) is 11.0 Å². The lowest BCUT2D eigenvalue weighted by atomic mass is 10.1. The molecule has 7 heteroatoms. The molecule has 6 nitrogen and oxygen atoms in total. The lowest BCUT2D eigenvalue weighted by molar-refractivity contribution is -0.113. The zero-order chi connectivity index (χ0) is 19.8. The normalized spacial score (nSPS) is 13.7. The number of para-hydroxylation sites is 2. The summed E-state index contributed by atoms with van der Waals surface area (Å²) in [6.07, 6.45) is 4.24. The summed E-state index contributed by atoms with van der Waals surface area (Å²) in [6, 6.07) is 16.4. The highest BCUT2D eigenvalue weighted by Crippen LogP contribution is 2.42. The van der Waals surface area contributed by atoms with Crippen LogP contribution < -0.4 is 5.32 Å². The van der Waals surface area contributed by atoms with E-state index in [2.05, 4.69) is 37.2 Å². The number of carbonyl (C=O) groups excluding carboxylic acids is 1. The zero-order valence-corrected chi connectivity index (χ0v) is 16.9. The molecule has 1 fully saturated rings. The second kappa shape index (κ2) is 7.40. The van der Waals surface area contributed by atoms with E-state index in [0.717, 1.165) is 51.5 Å². The standard InChI is InChI=1S/C22H21N5OS/c1-14-6-2-4-8-18(14)24-20(28)13-29-22-26-25-21(27(22)15-10-11-15)17-12-23-19-9-5-3-7-16(17)19/h2-9,12,15,23H,10-11,13H2,1H3,(H,24,28). The fourth-order valence-corrected chi connectivity index (χ4v) is 4.31. The van der Waals surface area contributed by atoms with Gasteiger partial charge in [-0.2, -0.15) is 0 Å². The van der Waals surface area contributed by atoms with Crippen LogP contribution in [0.1, 0.15) is 24.4 Å². The Morgan fingerprint density at radius 1 is 1.17 bits per heavy atom. The van der Waals surface area contributed by atoms with Crippen LogP contribution in [0.15, 0.2) is 59.9 Å². The van der Waals surface area contributed by atoms with Gasteiger partial charge >= 0.3 is 0 Å². The maximum absolute atomic E-state index is 12.5. The van der Waals surface area contributed by atoms with E-state index in [4.69, 9.17) is 0 Å². The molecular formula is C22H21N5OS. The van der Waals surface area contributed by atoms with Crippen LogP contribution in [0.5, 0.6) is 0 Å². The summed E-state index contributed by atoms with van der Waals surface area (Å²) in [7, 11) is 0. The average molecular weight is 404 g/mol. The summed E-state index contributed by atoms with van der Waals surface area (Å²) >= 11 is 1.44. The largest absolute Gasteiger partial charge is 0.360 e. The predicted molar refractivity (Wildman–Crippen MR) is 116 cm³/mol. The Hall–Kier alpha value is -3.06. The second-order valence-electron chi connectivity index (χ2n) is 7.31. The molecule has 0 spiro atoms. The SMILES string of the molecule is Cc1ccccc1NC(=O)CSc1nnc(-c2c[nH]c3ccccc23)n1C1CC1. The number of amides is 1. The Balaban J connectivity index is 1.38. The van der Waals surface area contributed by atoms with Crippen LogP contribution in [-0.2, 0) is 4.79 Å². The van der Waals surface area contributed by atoms with Crippen LogP contribution in [0.2, 0.25) is 0 Å². The van der Waals surface area contributed by atoms with Gasteiger partial charge < -0.3 is 10.3 Å². The molecule has 4 aromatic rings. The fraction of sp³-hybridized carbons (Fsp3) is 0.227. The maximum atomic E-state index is 12.5. The number of aromatic amines is 1. The van der Waals surface area contributed by atoms with Gasteiger partial charge in [0.2, 0.25) is 5.91 Å². The van der Waals surface area contributed by atoms with Crippen molar-refractivity contribution in [1.82, 2.24) is 19.7 Å². The maximum Gasteiger partial charge on any atom is 0.234 e. The van der Waals surface area contributed by atoms with Crippen LogP contribution in [-0.4, -0.2) is 31.4 Å². The predicted octanol–water partition coefficient (Wildman–Crippen LogP) is 4.80. The van der Waals surface area contributed by atoms with E-state index in [1.54, 1.807) is 0 Å². The van der Waals surface area contributed by atoms with Crippen molar-refractivity contribution in [2.24, 2.45) is 0 Å². The summed E-state index contributed by atoms with van der Waals surface area (Å²) in [4.78, 5) is 15.8. The number of aromatic nitrogens is 4. The van der Waals surface area contributed by atoms with Gasteiger partial charge in [-0.3, -0.25) is 9.36 Å². The molecule has 1 amide bonds. The quantitative estimate of drug-likeness (QED) is 0.454. The monoisotopic (exact) mass is 403 g/mol. The third kappa shape index (κ3) is 3.53. The first-order valence-corrected chi connectivity index (χ1v) is 10.7. The summed E-state index contributed by atoms with van der Waals surface area (Å²) in [5.41, 5.74) is 4.03. The van der Waals surface area contributed by atoms with E-state index in [1.165, 1.54) is 11.8 Å². The summed E-state index contributed by atoms with van der Waals surface area (Å²) in [6.45, 7) is 1.99. The molecule has 0 radical (unpaired) electrons. The molecule has 2 N–H and O–H groups in total. The van der Waals surface area contributed by atoms with Crippen molar-refractivity contribution in [3.63, 3.8) is 0 Å². The fourth-order valence-electron chi connectivity index (χ4n) is 3.51. The van der Waals surface area contributed by atoms with Crippen LogP contribution in [0.25, 0.3) is 22.3 Å². The van der Waals surface area contributed by atoms with E-state index < -0.39 is 0 Å². The molecule has 1 saturated carbocycles. The summed E-state index contributed by atoms with van der Waals surface area (Å²) in [5, 5.41) is 13.8. The zero-order valence-electron chi connectivity index (χ0n) is 16.1. The molecule has 29 heavy (non-hydrogen) atoms. The first kappa shape index (κ1) is 18.0. The number of rotatable bonds is 6. The topological polar surface area (TPSA) is 75.6 Å². The average Bonchev–Trinajstić information content (AvgIpc) is 3.34. The van der Waals surface area contributed by atoms with Gasteiger partial charge in [-0.15, -0.1) is 10.2 Å². The summed E-state index contributed by atoms with van der Waals surface area (Å²) < 4.78 is 2.20. The molecule has 0 unspecified atom stereocenters. The highest BCUT2D eigenvalue weighted by atomic mass is 32.2. The number of nitrogens with one attached hydrogen (secondary N) is 2. The van der Waals surface area contributed by atoms with Crippen molar-refractivity contribution in [3.8, 4) is 11.4 Å². The van der Waals surface area contributed by atoms with Gasteiger partial charge in [0.1, 0.15) is 0 Å². The minimum atomic E-state index is -0.0386. The molecule has 0 saturated heterocycles. The molecule has 146 valence electrons. The first-order chi connectivity index (χ1) is 14.2. The number of fused-ring (bicyclic) bond motifs is 1. The van der Waals surface area contributed by atoms with Crippen LogP contribution >= 0.6 is 11.8 Å². The number of hydrogen-bond donors (Lipinski definition) is 2. The third-order valence-corrected chi connectivity index (χ3v) is 6.10. The number of aryl methyl sites for hydroxylation is 1. The van der Waals surface area contributed by atoms with Crippen LogP contribution in [0, 0.1) is 6.92 Å².